The molecule has 0 spiro atoms. The maximum atomic E-state index is 3.33. The molecule has 0 aliphatic rings. The molecule has 0 amide bonds. The Morgan fingerprint density at radius 3 is 2.73 bits per heavy atom. The predicted octanol–water partition coefficient (Wildman–Crippen LogP) is 4.10. The highest BCUT2D eigenvalue weighted by Gasteiger charge is 2.01. The summed E-state index contributed by atoms with van der Waals surface area (Å²) in [5.41, 5.74) is 1.32. The van der Waals surface area contributed by atoms with E-state index in [0.717, 1.165) is 0 Å². The van der Waals surface area contributed by atoms with Gasteiger partial charge in [0, 0.05) is 0 Å². The largest absolute Gasteiger partial charge is 0.0616 e. The van der Waals surface area contributed by atoms with Crippen LogP contribution in [0.25, 0.3) is 21.5 Å². The Morgan fingerprint density at radius 1 is 0.933 bits per heavy atom. The van der Waals surface area contributed by atoms with Gasteiger partial charge in [-0.1, -0.05) is 42.5 Å². The normalized spacial score (nSPS) is 11.0. The summed E-state index contributed by atoms with van der Waals surface area (Å²) in [4.78, 5) is 0. The average molecular weight is 191 g/mol. The van der Waals surface area contributed by atoms with Crippen LogP contribution in [0.3, 0.4) is 0 Å². The Morgan fingerprint density at radius 2 is 1.80 bits per heavy atom. The second kappa shape index (κ2) is 3.09. The molecule has 0 heterocycles. The number of aryl methyl sites for hydroxylation is 1. The van der Waals surface area contributed by atoms with E-state index in [1.807, 2.05) is 0 Å². The molecule has 0 aliphatic heterocycles. The smallest absolute Gasteiger partial charge is 0.00699 e. The van der Waals surface area contributed by atoms with Crippen molar-refractivity contribution in [3.05, 3.63) is 60.2 Å². The van der Waals surface area contributed by atoms with Gasteiger partial charge < -0.3 is 0 Å². The molecule has 15 heavy (non-hydrogen) atoms. The molecule has 0 saturated carbocycles. The summed E-state index contributed by atoms with van der Waals surface area (Å²) in [5.74, 6) is 0. The first-order valence-corrected chi connectivity index (χ1v) is 5.15. The van der Waals surface area contributed by atoms with Gasteiger partial charge in [0.25, 0.3) is 0 Å². The molecule has 0 heteroatoms. The molecule has 0 bridgehead atoms. The highest BCUT2D eigenvalue weighted by molar-refractivity contribution is 6.08. The zero-order chi connectivity index (χ0) is 10.3. The van der Waals surface area contributed by atoms with Crippen molar-refractivity contribution in [3.8, 4) is 0 Å². The summed E-state index contributed by atoms with van der Waals surface area (Å²) in [6, 6.07) is 20.2. The minimum atomic E-state index is 1.20. The zero-order valence-electron chi connectivity index (χ0n) is 8.62. The highest BCUT2D eigenvalue weighted by Crippen LogP contribution is 2.27. The van der Waals surface area contributed by atoms with Gasteiger partial charge in [-0.2, -0.15) is 0 Å². The highest BCUT2D eigenvalue weighted by atomic mass is 14.0. The first kappa shape index (κ1) is 8.49. The zero-order valence-corrected chi connectivity index (χ0v) is 8.62. The van der Waals surface area contributed by atoms with Gasteiger partial charge in [0.15, 0.2) is 0 Å². The van der Waals surface area contributed by atoms with E-state index in [-0.39, 0.29) is 0 Å². The SMILES string of the molecule is Cc1cccc2[c]cc3ccccc3c12. The molecule has 0 fully saturated rings. The molecule has 0 nitrogen and oxygen atoms in total. The van der Waals surface area contributed by atoms with E-state index in [1.165, 1.54) is 27.1 Å². The number of fused-ring (bicyclic) bond motifs is 3. The Labute approximate surface area is 89.2 Å². The van der Waals surface area contributed by atoms with Crippen LogP contribution in [0.2, 0.25) is 0 Å². The first-order chi connectivity index (χ1) is 7.36. The van der Waals surface area contributed by atoms with E-state index < -0.39 is 0 Å². The van der Waals surface area contributed by atoms with Gasteiger partial charge in [0.05, 0.1) is 0 Å². The fourth-order valence-corrected chi connectivity index (χ4v) is 2.15. The number of hydrogen-bond donors (Lipinski definition) is 0. The van der Waals surface area contributed by atoms with Gasteiger partial charge in [-0.15, -0.1) is 0 Å². The van der Waals surface area contributed by atoms with Crippen molar-refractivity contribution in [3.63, 3.8) is 0 Å². The van der Waals surface area contributed by atoms with E-state index >= 15 is 0 Å². The van der Waals surface area contributed by atoms with Crippen LogP contribution in [0.1, 0.15) is 5.56 Å². The summed E-state index contributed by atoms with van der Waals surface area (Å²) in [5, 5.41) is 5.12. The van der Waals surface area contributed by atoms with Gasteiger partial charge in [-0.3, -0.25) is 0 Å². The van der Waals surface area contributed by atoms with Crippen LogP contribution in [-0.2, 0) is 0 Å². The van der Waals surface area contributed by atoms with Crippen LogP contribution in [-0.4, -0.2) is 0 Å². The minimum Gasteiger partial charge on any atom is -0.0616 e. The van der Waals surface area contributed by atoms with E-state index in [9.17, 15) is 0 Å². The minimum absolute atomic E-state index is 1.20. The molecule has 0 aliphatic carbocycles. The van der Waals surface area contributed by atoms with Gasteiger partial charge in [-0.25, -0.2) is 0 Å². The third kappa shape index (κ3) is 1.22. The monoisotopic (exact) mass is 191 g/mol. The van der Waals surface area contributed by atoms with Crippen molar-refractivity contribution in [1.29, 1.82) is 0 Å². The summed E-state index contributed by atoms with van der Waals surface area (Å²) >= 11 is 0. The number of hydrogen-bond acceptors (Lipinski definition) is 0. The molecule has 0 aromatic heterocycles. The molecule has 1 radical (unpaired) electrons. The van der Waals surface area contributed by atoms with Crippen LogP contribution in [0.4, 0.5) is 0 Å². The molecular formula is C15H11. The third-order valence-electron chi connectivity index (χ3n) is 2.89. The second-order valence-electron chi connectivity index (χ2n) is 3.87. The lowest BCUT2D eigenvalue weighted by atomic mass is 9.99. The van der Waals surface area contributed by atoms with Gasteiger partial charge in [0.1, 0.15) is 0 Å². The van der Waals surface area contributed by atoms with Crippen molar-refractivity contribution < 1.29 is 0 Å². The summed E-state index contributed by atoms with van der Waals surface area (Å²) in [7, 11) is 0. The van der Waals surface area contributed by atoms with Crippen LogP contribution in [0, 0.1) is 13.0 Å². The van der Waals surface area contributed by atoms with Gasteiger partial charge in [0.2, 0.25) is 0 Å². The topological polar surface area (TPSA) is 0 Å². The Hall–Kier alpha value is -1.82. The van der Waals surface area contributed by atoms with Crippen molar-refractivity contribution in [2.75, 3.05) is 0 Å². The number of rotatable bonds is 0. The Kier molecular flexibility index (Phi) is 1.75. The standard InChI is InChI=1S/C15H11/c1-11-5-4-7-13-10-9-12-6-2-3-8-14(12)15(11)13/h2-9H,1H3. The average Bonchev–Trinajstić information content (AvgIpc) is 2.29. The fraction of sp³-hybridized carbons (Fsp3) is 0.0667. The molecule has 0 unspecified atom stereocenters. The summed E-state index contributed by atoms with van der Waals surface area (Å²) in [6.45, 7) is 2.16. The Bertz CT molecular complexity index is 636. The first-order valence-electron chi connectivity index (χ1n) is 5.15. The van der Waals surface area contributed by atoms with Crippen LogP contribution >= 0.6 is 0 Å². The predicted molar refractivity (Wildman–Crippen MR) is 65.0 cm³/mol. The van der Waals surface area contributed by atoms with Gasteiger partial charge in [-0.05, 0) is 46.2 Å². The van der Waals surface area contributed by atoms with Gasteiger partial charge >= 0.3 is 0 Å². The molecular weight excluding hydrogens is 180 g/mol. The van der Waals surface area contributed by atoms with Crippen molar-refractivity contribution in [2.24, 2.45) is 0 Å². The summed E-state index contributed by atoms with van der Waals surface area (Å²) < 4.78 is 0. The van der Waals surface area contributed by atoms with Crippen LogP contribution in [0.15, 0.2) is 48.5 Å². The fourth-order valence-electron chi connectivity index (χ4n) is 2.15. The molecule has 3 rings (SSSR count). The molecule has 71 valence electrons. The third-order valence-corrected chi connectivity index (χ3v) is 2.89. The Balaban J connectivity index is 2.64. The lowest BCUT2D eigenvalue weighted by Crippen LogP contribution is -1.81. The van der Waals surface area contributed by atoms with E-state index in [4.69, 9.17) is 0 Å². The van der Waals surface area contributed by atoms with Crippen molar-refractivity contribution in [2.45, 2.75) is 6.92 Å². The van der Waals surface area contributed by atoms with Crippen molar-refractivity contribution >= 4 is 21.5 Å². The van der Waals surface area contributed by atoms with Crippen molar-refractivity contribution in [1.82, 2.24) is 0 Å². The molecule has 3 aromatic rings. The molecule has 0 atom stereocenters. The second-order valence-corrected chi connectivity index (χ2v) is 3.87. The van der Waals surface area contributed by atoms with E-state index in [0.29, 0.717) is 0 Å². The quantitative estimate of drug-likeness (QED) is 0.469. The molecule has 0 N–H and O–H groups in total. The molecule has 3 aromatic carbocycles. The lowest BCUT2D eigenvalue weighted by Gasteiger charge is -2.05. The van der Waals surface area contributed by atoms with E-state index in [2.05, 4.69) is 61.5 Å². The van der Waals surface area contributed by atoms with Crippen LogP contribution in [0.5, 0.6) is 0 Å². The van der Waals surface area contributed by atoms with Crippen LogP contribution < -0.4 is 0 Å². The lowest BCUT2D eigenvalue weighted by molar-refractivity contribution is 1.54. The maximum absolute atomic E-state index is 3.33. The molecule has 0 saturated heterocycles. The maximum Gasteiger partial charge on any atom is -0.00699 e. The summed E-state index contributed by atoms with van der Waals surface area (Å²) in [6.07, 6.45) is 0. The number of benzene rings is 3. The van der Waals surface area contributed by atoms with E-state index in [1.54, 1.807) is 0 Å².